The Balaban J connectivity index is 2.05. The number of rotatable bonds is 5. The highest BCUT2D eigenvalue weighted by Gasteiger charge is 2.18. The van der Waals surface area contributed by atoms with Crippen molar-refractivity contribution in [2.24, 2.45) is 0 Å². The number of carbonyl (C=O) groups is 1. The largest absolute Gasteiger partial charge is 0.335 e. The standard InChI is InChI=1S/C12H11ClN4O4S2/c13-8-3-1-2-4-9(8)23(20,21)17-16-11(19)6-7-5-10(18)15-12(22)14-7/h1-5,17H,6H2,(H,16,19)(H2,14,15,18,22). The highest BCUT2D eigenvalue weighted by atomic mass is 35.5. The van der Waals surface area contributed by atoms with E-state index in [4.69, 9.17) is 23.8 Å². The molecule has 0 bridgehead atoms. The van der Waals surface area contributed by atoms with Crippen molar-refractivity contribution >= 4 is 39.7 Å². The average molecular weight is 375 g/mol. The fraction of sp³-hybridized carbons (Fsp3) is 0.0833. The Morgan fingerprint density at radius 2 is 1.96 bits per heavy atom. The number of amides is 1. The van der Waals surface area contributed by atoms with Crippen LogP contribution in [0.1, 0.15) is 5.69 Å². The van der Waals surface area contributed by atoms with Crippen LogP contribution in [-0.4, -0.2) is 24.3 Å². The molecular formula is C12H11ClN4O4S2. The minimum atomic E-state index is -4.01. The van der Waals surface area contributed by atoms with Gasteiger partial charge in [-0.3, -0.25) is 20.0 Å². The first-order valence-electron chi connectivity index (χ1n) is 6.15. The summed E-state index contributed by atoms with van der Waals surface area (Å²) in [4.78, 5) is 29.7. The van der Waals surface area contributed by atoms with Gasteiger partial charge in [0.25, 0.3) is 15.6 Å². The number of H-pyrrole nitrogens is 2. The Bertz CT molecular complexity index is 924. The molecule has 11 heteroatoms. The van der Waals surface area contributed by atoms with Gasteiger partial charge in [-0.2, -0.15) is 0 Å². The highest BCUT2D eigenvalue weighted by molar-refractivity contribution is 7.89. The molecular weight excluding hydrogens is 364 g/mol. The summed E-state index contributed by atoms with van der Waals surface area (Å²) in [5.41, 5.74) is 1.81. The second kappa shape index (κ2) is 7.04. The van der Waals surface area contributed by atoms with Crippen LogP contribution < -0.4 is 15.8 Å². The minimum absolute atomic E-state index is 0.0212. The van der Waals surface area contributed by atoms with Crippen LogP contribution in [0.3, 0.4) is 0 Å². The monoisotopic (exact) mass is 374 g/mol. The molecule has 1 aromatic carbocycles. The fourth-order valence-corrected chi connectivity index (χ4v) is 3.29. The molecule has 0 saturated heterocycles. The van der Waals surface area contributed by atoms with E-state index in [9.17, 15) is 18.0 Å². The van der Waals surface area contributed by atoms with Gasteiger partial charge < -0.3 is 4.98 Å². The highest BCUT2D eigenvalue weighted by Crippen LogP contribution is 2.19. The van der Waals surface area contributed by atoms with Gasteiger partial charge in [-0.1, -0.05) is 23.7 Å². The summed E-state index contributed by atoms with van der Waals surface area (Å²) in [6, 6.07) is 6.94. The summed E-state index contributed by atoms with van der Waals surface area (Å²) in [5.74, 6) is -0.683. The molecule has 122 valence electrons. The van der Waals surface area contributed by atoms with E-state index in [2.05, 4.69) is 9.97 Å². The normalized spacial score (nSPS) is 11.2. The summed E-state index contributed by atoms with van der Waals surface area (Å²) in [6.07, 6.45) is -0.265. The number of nitrogens with one attached hydrogen (secondary N) is 4. The zero-order chi connectivity index (χ0) is 17.0. The molecule has 8 nitrogen and oxygen atoms in total. The minimum Gasteiger partial charge on any atom is -0.335 e. The summed E-state index contributed by atoms with van der Waals surface area (Å²) in [5, 5.41) is 0.0212. The SMILES string of the molecule is O=C(Cc1cc(=O)[nH]c(=S)[nH]1)NNS(=O)(=O)c1ccccc1Cl. The first-order chi connectivity index (χ1) is 10.8. The molecule has 1 amide bonds. The number of benzene rings is 1. The van der Waals surface area contributed by atoms with Crippen molar-refractivity contribution in [2.75, 3.05) is 0 Å². The van der Waals surface area contributed by atoms with Crippen molar-refractivity contribution in [2.45, 2.75) is 11.3 Å². The van der Waals surface area contributed by atoms with Crippen LogP contribution in [0.15, 0.2) is 40.0 Å². The molecule has 2 rings (SSSR count). The second-order valence-electron chi connectivity index (χ2n) is 4.37. The van der Waals surface area contributed by atoms with E-state index in [-0.39, 0.29) is 26.8 Å². The molecule has 0 aliphatic carbocycles. The van der Waals surface area contributed by atoms with Gasteiger partial charge in [0.1, 0.15) is 4.90 Å². The molecule has 1 heterocycles. The number of aromatic nitrogens is 2. The number of hydrogen-bond donors (Lipinski definition) is 4. The zero-order valence-electron chi connectivity index (χ0n) is 11.4. The Morgan fingerprint density at radius 1 is 1.26 bits per heavy atom. The number of aromatic amines is 2. The van der Waals surface area contributed by atoms with E-state index < -0.39 is 21.5 Å². The molecule has 23 heavy (non-hydrogen) atoms. The lowest BCUT2D eigenvalue weighted by Gasteiger charge is -2.09. The number of hydrogen-bond acceptors (Lipinski definition) is 5. The lowest BCUT2D eigenvalue weighted by atomic mass is 10.3. The number of hydrazine groups is 1. The van der Waals surface area contributed by atoms with Crippen molar-refractivity contribution in [1.29, 1.82) is 0 Å². The Hall–Kier alpha value is -2.01. The van der Waals surface area contributed by atoms with Gasteiger partial charge in [-0.15, -0.1) is 4.83 Å². The quantitative estimate of drug-likeness (QED) is 0.451. The molecule has 2 aromatic rings. The number of halogens is 1. The summed E-state index contributed by atoms with van der Waals surface area (Å²) < 4.78 is 24.1. The topological polar surface area (TPSA) is 124 Å². The van der Waals surface area contributed by atoms with E-state index in [0.29, 0.717) is 0 Å². The van der Waals surface area contributed by atoms with Crippen LogP contribution in [0.4, 0.5) is 0 Å². The van der Waals surface area contributed by atoms with Crippen molar-refractivity contribution in [3.63, 3.8) is 0 Å². The van der Waals surface area contributed by atoms with E-state index in [1.54, 1.807) is 6.07 Å². The zero-order valence-corrected chi connectivity index (χ0v) is 13.8. The first kappa shape index (κ1) is 17.3. The third kappa shape index (κ3) is 4.73. The van der Waals surface area contributed by atoms with Gasteiger partial charge in [0.2, 0.25) is 5.91 Å². The molecule has 0 radical (unpaired) electrons. The molecule has 0 aliphatic heterocycles. The van der Waals surface area contributed by atoms with E-state index >= 15 is 0 Å². The maximum atomic E-state index is 12.0. The second-order valence-corrected chi connectivity index (χ2v) is 6.84. The first-order valence-corrected chi connectivity index (χ1v) is 8.42. The predicted octanol–water partition coefficient (Wildman–Crippen LogP) is 0.638. The Labute approximate surface area is 140 Å². The smallest absolute Gasteiger partial charge is 0.258 e. The van der Waals surface area contributed by atoms with Gasteiger partial charge >= 0.3 is 0 Å². The fourth-order valence-electron chi connectivity index (χ4n) is 1.67. The molecule has 0 atom stereocenters. The van der Waals surface area contributed by atoms with Crippen LogP contribution >= 0.6 is 23.8 Å². The number of sulfonamides is 1. The third-order valence-corrected chi connectivity index (χ3v) is 4.57. The molecule has 4 N–H and O–H groups in total. The van der Waals surface area contributed by atoms with Gasteiger partial charge in [0.15, 0.2) is 4.77 Å². The van der Waals surface area contributed by atoms with Crippen molar-refractivity contribution in [1.82, 2.24) is 20.2 Å². The van der Waals surface area contributed by atoms with Crippen LogP contribution in [0, 0.1) is 4.77 Å². The van der Waals surface area contributed by atoms with Crippen molar-refractivity contribution in [3.8, 4) is 0 Å². The van der Waals surface area contributed by atoms with Crippen LogP contribution in [-0.2, 0) is 21.2 Å². The van der Waals surface area contributed by atoms with Gasteiger partial charge in [0, 0.05) is 11.8 Å². The Morgan fingerprint density at radius 3 is 2.61 bits per heavy atom. The van der Waals surface area contributed by atoms with Crippen molar-refractivity contribution < 1.29 is 13.2 Å². The molecule has 0 aliphatic rings. The Kier molecular flexibility index (Phi) is 5.31. The van der Waals surface area contributed by atoms with Crippen LogP contribution in [0.5, 0.6) is 0 Å². The van der Waals surface area contributed by atoms with Gasteiger partial charge in [0.05, 0.1) is 11.4 Å². The number of carbonyl (C=O) groups excluding carboxylic acids is 1. The summed E-state index contributed by atoms with van der Waals surface area (Å²) in [6.45, 7) is 0. The molecule has 0 fully saturated rings. The van der Waals surface area contributed by atoms with E-state index in [1.807, 2.05) is 10.3 Å². The van der Waals surface area contributed by atoms with E-state index in [0.717, 1.165) is 6.07 Å². The maximum absolute atomic E-state index is 12.0. The third-order valence-electron chi connectivity index (χ3n) is 2.62. The molecule has 0 saturated carbocycles. The summed E-state index contributed by atoms with van der Waals surface area (Å²) in [7, 11) is -4.01. The van der Waals surface area contributed by atoms with Gasteiger partial charge in [-0.05, 0) is 24.4 Å². The average Bonchev–Trinajstić information content (AvgIpc) is 2.44. The molecule has 1 aromatic heterocycles. The molecule has 0 spiro atoms. The van der Waals surface area contributed by atoms with E-state index in [1.165, 1.54) is 18.2 Å². The lowest BCUT2D eigenvalue weighted by Crippen LogP contribution is -2.42. The van der Waals surface area contributed by atoms with Crippen molar-refractivity contribution in [3.05, 3.63) is 56.2 Å². The summed E-state index contributed by atoms with van der Waals surface area (Å²) >= 11 is 10.6. The van der Waals surface area contributed by atoms with Crippen LogP contribution in [0.25, 0.3) is 0 Å². The molecule has 0 unspecified atom stereocenters. The predicted molar refractivity (Wildman–Crippen MR) is 85.9 cm³/mol. The lowest BCUT2D eigenvalue weighted by molar-refractivity contribution is -0.120. The van der Waals surface area contributed by atoms with Gasteiger partial charge in [-0.25, -0.2) is 8.42 Å². The van der Waals surface area contributed by atoms with Crippen LogP contribution in [0.2, 0.25) is 5.02 Å². The maximum Gasteiger partial charge on any atom is 0.258 e.